The van der Waals surface area contributed by atoms with Crippen LogP contribution in [0.1, 0.15) is 57.6 Å². The quantitative estimate of drug-likeness (QED) is 0.582. The SMILES string of the molecule is CC(C)(C)c1ccc(C(=O)NCC(=O)Nc2nc3c(s2)CN(C(=O)c2ccccc2)CC3)cc1. The molecule has 0 bridgehead atoms. The van der Waals surface area contributed by atoms with E-state index in [1.54, 1.807) is 17.0 Å². The summed E-state index contributed by atoms with van der Waals surface area (Å²) in [5, 5.41) is 5.89. The average molecular weight is 477 g/mol. The maximum Gasteiger partial charge on any atom is 0.254 e. The molecule has 34 heavy (non-hydrogen) atoms. The number of carbonyl (C=O) groups excluding carboxylic acids is 3. The number of benzene rings is 2. The molecule has 0 saturated heterocycles. The lowest BCUT2D eigenvalue weighted by Gasteiger charge is -2.26. The van der Waals surface area contributed by atoms with Crippen molar-refractivity contribution >= 4 is 34.2 Å². The Kier molecular flexibility index (Phi) is 6.79. The zero-order chi connectivity index (χ0) is 24.3. The third-order valence-electron chi connectivity index (χ3n) is 5.71. The van der Waals surface area contributed by atoms with Crippen molar-refractivity contribution in [3.8, 4) is 0 Å². The molecule has 0 fully saturated rings. The molecule has 0 atom stereocenters. The molecule has 0 saturated carbocycles. The van der Waals surface area contributed by atoms with Crippen LogP contribution in [0.15, 0.2) is 54.6 Å². The average Bonchev–Trinajstić information content (AvgIpc) is 3.23. The molecule has 2 heterocycles. The highest BCUT2D eigenvalue weighted by molar-refractivity contribution is 7.15. The number of thiazole rings is 1. The predicted molar refractivity (Wildman–Crippen MR) is 133 cm³/mol. The van der Waals surface area contributed by atoms with E-state index in [9.17, 15) is 14.4 Å². The summed E-state index contributed by atoms with van der Waals surface area (Å²) in [6, 6.07) is 16.6. The molecular formula is C26H28N4O3S. The molecule has 176 valence electrons. The van der Waals surface area contributed by atoms with Crippen LogP contribution in [-0.4, -0.2) is 40.7 Å². The lowest BCUT2D eigenvalue weighted by Crippen LogP contribution is -2.35. The third-order valence-corrected chi connectivity index (χ3v) is 6.71. The summed E-state index contributed by atoms with van der Waals surface area (Å²) >= 11 is 1.36. The first-order valence-electron chi connectivity index (χ1n) is 11.2. The van der Waals surface area contributed by atoms with Gasteiger partial charge in [-0.15, -0.1) is 0 Å². The normalized spacial score (nSPS) is 13.2. The molecule has 8 heteroatoms. The van der Waals surface area contributed by atoms with Crippen molar-refractivity contribution in [2.45, 2.75) is 39.2 Å². The second-order valence-corrected chi connectivity index (χ2v) is 10.4. The lowest BCUT2D eigenvalue weighted by molar-refractivity contribution is -0.115. The maximum atomic E-state index is 12.7. The Bertz CT molecular complexity index is 1200. The molecule has 1 aromatic heterocycles. The number of carbonyl (C=O) groups is 3. The van der Waals surface area contributed by atoms with E-state index in [1.165, 1.54) is 11.3 Å². The van der Waals surface area contributed by atoms with Crippen molar-refractivity contribution in [3.63, 3.8) is 0 Å². The molecule has 1 aliphatic heterocycles. The lowest BCUT2D eigenvalue weighted by atomic mass is 9.87. The Morgan fingerprint density at radius 2 is 1.71 bits per heavy atom. The Labute approximate surface area is 203 Å². The van der Waals surface area contributed by atoms with Crippen molar-refractivity contribution in [1.29, 1.82) is 0 Å². The number of fused-ring (bicyclic) bond motifs is 1. The minimum absolute atomic E-state index is 0.00757. The van der Waals surface area contributed by atoms with Crippen molar-refractivity contribution in [1.82, 2.24) is 15.2 Å². The number of amides is 3. The molecule has 2 aromatic carbocycles. The van der Waals surface area contributed by atoms with Gasteiger partial charge in [-0.05, 0) is 35.2 Å². The maximum absolute atomic E-state index is 12.7. The minimum atomic E-state index is -0.344. The van der Waals surface area contributed by atoms with Crippen LogP contribution in [-0.2, 0) is 23.2 Å². The second-order valence-electron chi connectivity index (χ2n) is 9.29. The van der Waals surface area contributed by atoms with E-state index >= 15 is 0 Å². The first-order valence-corrected chi connectivity index (χ1v) is 12.0. The molecule has 7 nitrogen and oxygen atoms in total. The second kappa shape index (κ2) is 9.77. The number of rotatable bonds is 5. The molecule has 1 aliphatic rings. The van der Waals surface area contributed by atoms with Crippen molar-refractivity contribution < 1.29 is 14.4 Å². The molecule has 0 spiro atoms. The summed E-state index contributed by atoms with van der Waals surface area (Å²) in [4.78, 5) is 44.8. The van der Waals surface area contributed by atoms with Crippen LogP contribution < -0.4 is 10.6 Å². The molecular weight excluding hydrogens is 448 g/mol. The van der Waals surface area contributed by atoms with Crippen LogP contribution in [0.2, 0.25) is 0 Å². The zero-order valence-corrected chi connectivity index (χ0v) is 20.4. The van der Waals surface area contributed by atoms with Gasteiger partial charge in [-0.1, -0.05) is 62.4 Å². The highest BCUT2D eigenvalue weighted by atomic mass is 32.1. The molecule has 0 radical (unpaired) electrons. The van der Waals surface area contributed by atoms with E-state index in [4.69, 9.17) is 0 Å². The van der Waals surface area contributed by atoms with Gasteiger partial charge in [-0.3, -0.25) is 14.4 Å². The summed E-state index contributed by atoms with van der Waals surface area (Å²) in [7, 11) is 0. The minimum Gasteiger partial charge on any atom is -0.343 e. The predicted octanol–water partition coefficient (Wildman–Crippen LogP) is 4.01. The van der Waals surface area contributed by atoms with Crippen LogP contribution in [0.3, 0.4) is 0 Å². The smallest absolute Gasteiger partial charge is 0.254 e. The van der Waals surface area contributed by atoms with Gasteiger partial charge in [0.1, 0.15) is 0 Å². The number of hydrogen-bond acceptors (Lipinski definition) is 5. The molecule has 0 aliphatic carbocycles. The van der Waals surface area contributed by atoms with Gasteiger partial charge in [0.05, 0.1) is 18.8 Å². The monoisotopic (exact) mass is 476 g/mol. The van der Waals surface area contributed by atoms with Gasteiger partial charge >= 0.3 is 0 Å². The van der Waals surface area contributed by atoms with Gasteiger partial charge in [0.2, 0.25) is 5.91 Å². The summed E-state index contributed by atoms with van der Waals surface area (Å²) in [5.41, 5.74) is 3.22. The number of anilines is 1. The van der Waals surface area contributed by atoms with Gasteiger partial charge in [0, 0.05) is 29.0 Å². The number of nitrogens with one attached hydrogen (secondary N) is 2. The first-order chi connectivity index (χ1) is 16.2. The van der Waals surface area contributed by atoms with E-state index in [-0.39, 0.29) is 29.7 Å². The molecule has 0 unspecified atom stereocenters. The fraction of sp³-hybridized carbons (Fsp3) is 0.308. The summed E-state index contributed by atoms with van der Waals surface area (Å²) < 4.78 is 0. The summed E-state index contributed by atoms with van der Waals surface area (Å²) in [5.74, 6) is -0.657. The molecule has 3 aromatic rings. The van der Waals surface area contributed by atoms with Gasteiger partial charge in [0.15, 0.2) is 5.13 Å². The number of aromatic nitrogens is 1. The summed E-state index contributed by atoms with van der Waals surface area (Å²) in [6.07, 6.45) is 0.640. The van der Waals surface area contributed by atoms with Crippen LogP contribution in [0.4, 0.5) is 5.13 Å². The van der Waals surface area contributed by atoms with Crippen LogP contribution >= 0.6 is 11.3 Å². The van der Waals surface area contributed by atoms with Gasteiger partial charge in [-0.25, -0.2) is 4.98 Å². The molecule has 2 N–H and O–H groups in total. The van der Waals surface area contributed by atoms with E-state index in [1.807, 2.05) is 42.5 Å². The Morgan fingerprint density at radius 3 is 2.38 bits per heavy atom. The first kappa shape index (κ1) is 23.6. The molecule has 3 amide bonds. The van der Waals surface area contributed by atoms with Crippen LogP contribution in [0, 0.1) is 0 Å². The third kappa shape index (κ3) is 5.51. The standard InChI is InChI=1S/C26H28N4O3S/c1-26(2,3)19-11-9-17(10-12-19)23(32)27-15-22(31)29-25-28-20-13-14-30(16-21(20)34-25)24(33)18-7-5-4-6-8-18/h4-12H,13-16H2,1-3H3,(H,27,32)(H,28,29,31). The van der Waals surface area contributed by atoms with E-state index in [0.29, 0.717) is 35.8 Å². The largest absolute Gasteiger partial charge is 0.343 e. The van der Waals surface area contributed by atoms with E-state index in [2.05, 4.69) is 36.4 Å². The Morgan fingerprint density at radius 1 is 1.00 bits per heavy atom. The topological polar surface area (TPSA) is 91.4 Å². The Hall–Kier alpha value is -3.52. The van der Waals surface area contributed by atoms with Crippen molar-refractivity contribution in [2.75, 3.05) is 18.4 Å². The van der Waals surface area contributed by atoms with Crippen LogP contribution in [0.25, 0.3) is 0 Å². The van der Waals surface area contributed by atoms with Crippen LogP contribution in [0.5, 0.6) is 0 Å². The van der Waals surface area contributed by atoms with Crippen molar-refractivity contribution in [3.05, 3.63) is 81.9 Å². The molecule has 4 rings (SSSR count). The van der Waals surface area contributed by atoms with Gasteiger partial charge in [-0.2, -0.15) is 0 Å². The zero-order valence-electron chi connectivity index (χ0n) is 19.6. The van der Waals surface area contributed by atoms with E-state index < -0.39 is 0 Å². The van der Waals surface area contributed by atoms with Gasteiger partial charge < -0.3 is 15.5 Å². The summed E-state index contributed by atoms with van der Waals surface area (Å²) in [6.45, 7) is 7.24. The van der Waals surface area contributed by atoms with Gasteiger partial charge in [0.25, 0.3) is 11.8 Å². The fourth-order valence-electron chi connectivity index (χ4n) is 3.73. The highest BCUT2D eigenvalue weighted by Crippen LogP contribution is 2.29. The highest BCUT2D eigenvalue weighted by Gasteiger charge is 2.25. The number of nitrogens with zero attached hydrogens (tertiary/aromatic N) is 2. The Balaban J connectivity index is 1.30. The number of hydrogen-bond donors (Lipinski definition) is 2. The fourth-order valence-corrected chi connectivity index (χ4v) is 4.77. The van der Waals surface area contributed by atoms with Crippen molar-refractivity contribution in [2.24, 2.45) is 0 Å². The van der Waals surface area contributed by atoms with E-state index in [0.717, 1.165) is 16.1 Å².